The minimum absolute atomic E-state index is 0.343. The van der Waals surface area contributed by atoms with Gasteiger partial charge >= 0.3 is 0 Å². The van der Waals surface area contributed by atoms with Crippen molar-refractivity contribution in [1.29, 1.82) is 0 Å². The maximum absolute atomic E-state index is 5.96. The highest BCUT2D eigenvalue weighted by Crippen LogP contribution is 2.32. The summed E-state index contributed by atoms with van der Waals surface area (Å²) in [4.78, 5) is 4.51. The molecule has 0 amide bonds. The van der Waals surface area contributed by atoms with Gasteiger partial charge in [-0.15, -0.1) is 0 Å². The van der Waals surface area contributed by atoms with Gasteiger partial charge in [-0.25, -0.2) is 0 Å². The topological polar surface area (TPSA) is 60.2 Å². The van der Waals surface area contributed by atoms with Gasteiger partial charge in [-0.2, -0.15) is 4.98 Å². The van der Waals surface area contributed by atoms with Gasteiger partial charge in [0.15, 0.2) is 0 Å². The Balaban J connectivity index is 1.89. The second kappa shape index (κ2) is 5.81. The van der Waals surface area contributed by atoms with Gasteiger partial charge in [-0.1, -0.05) is 16.8 Å². The average Bonchev–Trinajstić information content (AvgIpc) is 2.97. The summed E-state index contributed by atoms with van der Waals surface area (Å²) < 4.78 is 10.7. The van der Waals surface area contributed by atoms with E-state index in [4.69, 9.17) is 20.9 Å². The molecular formula is C14H16ClN3O2. The van der Waals surface area contributed by atoms with E-state index < -0.39 is 0 Å². The van der Waals surface area contributed by atoms with Crippen molar-refractivity contribution in [3.8, 4) is 17.1 Å². The lowest BCUT2D eigenvalue weighted by atomic mass is 9.98. The molecule has 0 atom stereocenters. The predicted molar refractivity (Wildman–Crippen MR) is 76.1 cm³/mol. The van der Waals surface area contributed by atoms with Crippen LogP contribution in [0.2, 0.25) is 5.02 Å². The van der Waals surface area contributed by atoms with E-state index in [9.17, 15) is 0 Å². The Morgan fingerprint density at radius 2 is 2.15 bits per heavy atom. The zero-order chi connectivity index (χ0) is 13.9. The molecular weight excluding hydrogens is 278 g/mol. The quantitative estimate of drug-likeness (QED) is 0.943. The SMILES string of the molecule is COc1cc(Cl)ccc1-c1noc(C2CCNCC2)n1. The lowest BCUT2D eigenvalue weighted by Crippen LogP contribution is -2.26. The highest BCUT2D eigenvalue weighted by atomic mass is 35.5. The van der Waals surface area contributed by atoms with E-state index in [0.717, 1.165) is 31.5 Å². The summed E-state index contributed by atoms with van der Waals surface area (Å²) in [5, 5.41) is 8.01. The monoisotopic (exact) mass is 293 g/mol. The third-order valence-corrected chi connectivity index (χ3v) is 3.77. The minimum Gasteiger partial charge on any atom is -0.496 e. The fourth-order valence-electron chi connectivity index (χ4n) is 2.43. The van der Waals surface area contributed by atoms with Crippen LogP contribution in [0, 0.1) is 0 Å². The number of hydrogen-bond acceptors (Lipinski definition) is 5. The van der Waals surface area contributed by atoms with Gasteiger partial charge in [0.2, 0.25) is 11.7 Å². The average molecular weight is 294 g/mol. The van der Waals surface area contributed by atoms with Crippen LogP contribution >= 0.6 is 11.6 Å². The summed E-state index contributed by atoms with van der Waals surface area (Å²) >= 11 is 5.96. The molecule has 1 saturated heterocycles. The number of methoxy groups -OCH3 is 1. The van der Waals surface area contributed by atoms with E-state index >= 15 is 0 Å². The van der Waals surface area contributed by atoms with Crippen LogP contribution in [0.3, 0.4) is 0 Å². The Kier molecular flexibility index (Phi) is 3.89. The van der Waals surface area contributed by atoms with Gasteiger partial charge in [0.25, 0.3) is 0 Å². The second-order valence-electron chi connectivity index (χ2n) is 4.83. The van der Waals surface area contributed by atoms with Gasteiger partial charge in [0.1, 0.15) is 5.75 Å². The van der Waals surface area contributed by atoms with Crippen molar-refractivity contribution in [2.45, 2.75) is 18.8 Å². The summed E-state index contributed by atoms with van der Waals surface area (Å²) in [6.07, 6.45) is 2.05. The first-order valence-corrected chi connectivity index (χ1v) is 7.04. The van der Waals surface area contributed by atoms with Crippen molar-refractivity contribution in [2.75, 3.05) is 20.2 Å². The molecule has 106 valence electrons. The molecule has 1 aromatic carbocycles. The van der Waals surface area contributed by atoms with Gasteiger partial charge in [-0.3, -0.25) is 0 Å². The number of ether oxygens (including phenoxy) is 1. The van der Waals surface area contributed by atoms with Crippen LogP contribution in [0.15, 0.2) is 22.7 Å². The van der Waals surface area contributed by atoms with Crippen LogP contribution in [-0.2, 0) is 0 Å². The number of piperidine rings is 1. The molecule has 2 aromatic rings. The molecule has 1 aliphatic heterocycles. The highest BCUT2D eigenvalue weighted by Gasteiger charge is 2.22. The summed E-state index contributed by atoms with van der Waals surface area (Å²) in [5.74, 6) is 2.25. The van der Waals surface area contributed by atoms with Crippen LogP contribution in [0.25, 0.3) is 11.4 Å². The first-order valence-electron chi connectivity index (χ1n) is 6.66. The normalized spacial score (nSPS) is 16.3. The molecule has 1 fully saturated rings. The van der Waals surface area contributed by atoms with Crippen molar-refractivity contribution >= 4 is 11.6 Å². The van der Waals surface area contributed by atoms with Crippen LogP contribution in [0.4, 0.5) is 0 Å². The summed E-state index contributed by atoms with van der Waals surface area (Å²) in [7, 11) is 1.60. The molecule has 1 aromatic heterocycles. The molecule has 5 nitrogen and oxygen atoms in total. The molecule has 0 unspecified atom stereocenters. The van der Waals surface area contributed by atoms with Crippen molar-refractivity contribution in [3.05, 3.63) is 29.1 Å². The van der Waals surface area contributed by atoms with E-state index in [1.54, 1.807) is 19.2 Å². The van der Waals surface area contributed by atoms with Crippen molar-refractivity contribution in [1.82, 2.24) is 15.5 Å². The molecule has 6 heteroatoms. The zero-order valence-electron chi connectivity index (χ0n) is 11.2. The fraction of sp³-hybridized carbons (Fsp3) is 0.429. The Morgan fingerprint density at radius 3 is 2.90 bits per heavy atom. The second-order valence-corrected chi connectivity index (χ2v) is 5.26. The van der Waals surface area contributed by atoms with Gasteiger partial charge < -0.3 is 14.6 Å². The predicted octanol–water partition coefficient (Wildman–Crippen LogP) is 2.87. The molecule has 1 N–H and O–H groups in total. The fourth-order valence-corrected chi connectivity index (χ4v) is 2.59. The van der Waals surface area contributed by atoms with Crippen LogP contribution in [-0.4, -0.2) is 30.3 Å². The lowest BCUT2D eigenvalue weighted by molar-refractivity contribution is 0.320. The number of aromatic nitrogens is 2. The number of halogens is 1. The smallest absolute Gasteiger partial charge is 0.230 e. The maximum atomic E-state index is 5.96. The van der Waals surface area contributed by atoms with Gasteiger partial charge in [0, 0.05) is 10.9 Å². The van der Waals surface area contributed by atoms with Crippen LogP contribution < -0.4 is 10.1 Å². The Bertz CT molecular complexity index is 594. The molecule has 1 aliphatic rings. The maximum Gasteiger partial charge on any atom is 0.230 e. The molecule has 2 heterocycles. The third kappa shape index (κ3) is 2.64. The van der Waals surface area contributed by atoms with Gasteiger partial charge in [-0.05, 0) is 44.1 Å². The van der Waals surface area contributed by atoms with E-state index in [1.807, 2.05) is 6.07 Å². The first kappa shape index (κ1) is 13.4. The van der Waals surface area contributed by atoms with Crippen molar-refractivity contribution in [3.63, 3.8) is 0 Å². The third-order valence-electron chi connectivity index (χ3n) is 3.53. The molecule has 3 rings (SSSR count). The minimum atomic E-state index is 0.343. The molecule has 0 bridgehead atoms. The zero-order valence-corrected chi connectivity index (χ0v) is 12.0. The van der Waals surface area contributed by atoms with Gasteiger partial charge in [0.05, 0.1) is 12.7 Å². The number of hydrogen-bond donors (Lipinski definition) is 1. The standard InChI is InChI=1S/C14H16ClN3O2/c1-19-12-8-10(15)2-3-11(12)13-17-14(20-18-13)9-4-6-16-7-5-9/h2-3,8-9,16H,4-7H2,1H3. The van der Waals surface area contributed by atoms with E-state index in [-0.39, 0.29) is 0 Å². The number of benzene rings is 1. The van der Waals surface area contributed by atoms with E-state index in [1.165, 1.54) is 0 Å². The Labute approximate surface area is 122 Å². The van der Waals surface area contributed by atoms with Crippen molar-refractivity contribution < 1.29 is 9.26 Å². The number of nitrogens with zero attached hydrogens (tertiary/aromatic N) is 2. The molecule has 0 saturated carbocycles. The Hall–Kier alpha value is -1.59. The largest absolute Gasteiger partial charge is 0.496 e. The van der Waals surface area contributed by atoms with Crippen molar-refractivity contribution in [2.24, 2.45) is 0 Å². The highest BCUT2D eigenvalue weighted by molar-refractivity contribution is 6.30. The number of nitrogens with one attached hydrogen (secondary N) is 1. The lowest BCUT2D eigenvalue weighted by Gasteiger charge is -2.18. The molecule has 0 spiro atoms. The van der Waals surface area contributed by atoms with E-state index in [0.29, 0.717) is 28.4 Å². The number of rotatable bonds is 3. The summed E-state index contributed by atoms with van der Waals surface area (Å²) in [6.45, 7) is 1.99. The van der Waals surface area contributed by atoms with Crippen LogP contribution in [0.5, 0.6) is 5.75 Å². The van der Waals surface area contributed by atoms with Crippen LogP contribution in [0.1, 0.15) is 24.7 Å². The Morgan fingerprint density at radius 1 is 1.35 bits per heavy atom. The summed E-state index contributed by atoms with van der Waals surface area (Å²) in [5.41, 5.74) is 0.792. The molecule has 0 aliphatic carbocycles. The molecule has 20 heavy (non-hydrogen) atoms. The molecule has 0 radical (unpaired) electrons. The summed E-state index contributed by atoms with van der Waals surface area (Å²) in [6, 6.07) is 5.38. The first-order chi connectivity index (χ1) is 9.78. The van der Waals surface area contributed by atoms with E-state index in [2.05, 4.69) is 15.5 Å².